The van der Waals surface area contributed by atoms with Gasteiger partial charge in [-0.05, 0) is 12.5 Å². The van der Waals surface area contributed by atoms with Gasteiger partial charge in [0.05, 0.1) is 16.8 Å². The van der Waals surface area contributed by atoms with Crippen LogP contribution in [0.25, 0.3) is 5.69 Å². The average Bonchev–Trinajstić information content (AvgIpc) is 2.84. The fourth-order valence-corrected chi connectivity index (χ4v) is 1.89. The third-order valence-corrected chi connectivity index (χ3v) is 2.87. The molecular formula is C13H17N5O2. The lowest BCUT2D eigenvalue weighted by Crippen LogP contribution is -2.21. The van der Waals surface area contributed by atoms with Crippen molar-refractivity contribution in [3.05, 3.63) is 45.8 Å². The first kappa shape index (κ1) is 14.1. The second kappa shape index (κ2) is 5.79. The van der Waals surface area contributed by atoms with Crippen LogP contribution in [0.4, 0.5) is 5.69 Å². The summed E-state index contributed by atoms with van der Waals surface area (Å²) in [6, 6.07) is 5.29. The monoisotopic (exact) mass is 275 g/mol. The first-order chi connectivity index (χ1) is 9.49. The van der Waals surface area contributed by atoms with Crippen LogP contribution in [-0.2, 0) is 6.54 Å². The van der Waals surface area contributed by atoms with Crippen LogP contribution in [0, 0.1) is 17.0 Å². The number of nitrogens with one attached hydrogen (secondary N) is 1. The summed E-state index contributed by atoms with van der Waals surface area (Å²) >= 11 is 0. The molecule has 0 bridgehead atoms. The highest BCUT2D eigenvalue weighted by atomic mass is 16.6. The molecule has 0 atom stereocenters. The molecule has 2 rings (SSSR count). The number of aryl methyl sites for hydroxylation is 1. The average molecular weight is 275 g/mol. The maximum atomic E-state index is 11.1. The van der Waals surface area contributed by atoms with Gasteiger partial charge in [-0.25, -0.2) is 4.68 Å². The molecule has 0 aliphatic heterocycles. The standard InChI is InChI=1S/C13H17N5O2/c1-9(2)14-7-11-8-17(16-15-11)13-10(3)5-4-6-12(13)18(19)20/h4-6,8-9,14H,7H2,1-3H3. The van der Waals surface area contributed by atoms with E-state index in [0.717, 1.165) is 11.3 Å². The lowest BCUT2D eigenvalue weighted by molar-refractivity contribution is -0.384. The number of hydrogen-bond donors (Lipinski definition) is 1. The zero-order chi connectivity index (χ0) is 14.7. The molecule has 106 valence electrons. The minimum atomic E-state index is -0.407. The van der Waals surface area contributed by atoms with Crippen molar-refractivity contribution in [3.63, 3.8) is 0 Å². The van der Waals surface area contributed by atoms with Crippen molar-refractivity contribution in [2.75, 3.05) is 0 Å². The highest BCUT2D eigenvalue weighted by Gasteiger charge is 2.18. The van der Waals surface area contributed by atoms with Gasteiger partial charge in [-0.15, -0.1) is 5.10 Å². The van der Waals surface area contributed by atoms with E-state index in [9.17, 15) is 10.1 Å². The van der Waals surface area contributed by atoms with Crippen molar-refractivity contribution < 1.29 is 4.92 Å². The first-order valence-electron chi connectivity index (χ1n) is 6.38. The Labute approximate surface area is 116 Å². The molecule has 1 aromatic carbocycles. The van der Waals surface area contributed by atoms with Gasteiger partial charge in [0.1, 0.15) is 5.69 Å². The van der Waals surface area contributed by atoms with E-state index >= 15 is 0 Å². The van der Waals surface area contributed by atoms with Gasteiger partial charge < -0.3 is 5.32 Å². The summed E-state index contributed by atoms with van der Waals surface area (Å²) in [7, 11) is 0. The van der Waals surface area contributed by atoms with Crippen molar-refractivity contribution in [2.24, 2.45) is 0 Å². The Morgan fingerprint density at radius 1 is 1.45 bits per heavy atom. The van der Waals surface area contributed by atoms with Crippen molar-refractivity contribution in [2.45, 2.75) is 33.4 Å². The summed E-state index contributed by atoms with van der Waals surface area (Å²) in [6.07, 6.45) is 1.71. The highest BCUT2D eigenvalue weighted by molar-refractivity contribution is 5.56. The fourth-order valence-electron chi connectivity index (χ4n) is 1.89. The van der Waals surface area contributed by atoms with Gasteiger partial charge >= 0.3 is 0 Å². The van der Waals surface area contributed by atoms with Gasteiger partial charge in [0.25, 0.3) is 5.69 Å². The Kier molecular flexibility index (Phi) is 4.09. The van der Waals surface area contributed by atoms with Crippen molar-refractivity contribution in [3.8, 4) is 5.69 Å². The largest absolute Gasteiger partial charge is 0.309 e. The van der Waals surface area contributed by atoms with Gasteiger partial charge in [-0.1, -0.05) is 31.2 Å². The predicted octanol–water partition coefficient (Wildman–Crippen LogP) is 1.98. The van der Waals surface area contributed by atoms with Crippen molar-refractivity contribution in [1.82, 2.24) is 20.3 Å². The van der Waals surface area contributed by atoms with E-state index < -0.39 is 4.92 Å². The van der Waals surface area contributed by atoms with E-state index in [1.165, 1.54) is 10.7 Å². The molecule has 0 saturated heterocycles. The summed E-state index contributed by atoms with van der Waals surface area (Å²) in [5.74, 6) is 0. The van der Waals surface area contributed by atoms with E-state index in [4.69, 9.17) is 0 Å². The van der Waals surface area contributed by atoms with Crippen LogP contribution in [0.2, 0.25) is 0 Å². The molecule has 20 heavy (non-hydrogen) atoms. The molecule has 0 radical (unpaired) electrons. The van der Waals surface area contributed by atoms with Crippen LogP contribution >= 0.6 is 0 Å². The number of nitro benzene ring substituents is 1. The van der Waals surface area contributed by atoms with Crippen LogP contribution < -0.4 is 5.32 Å². The fraction of sp³-hybridized carbons (Fsp3) is 0.385. The van der Waals surface area contributed by atoms with E-state index in [1.54, 1.807) is 12.3 Å². The third kappa shape index (κ3) is 3.00. The van der Waals surface area contributed by atoms with E-state index in [-0.39, 0.29) is 5.69 Å². The SMILES string of the molecule is Cc1cccc([N+](=O)[O-])c1-n1cc(CNC(C)C)nn1. The normalized spacial score (nSPS) is 11.0. The molecule has 1 heterocycles. The van der Waals surface area contributed by atoms with Gasteiger partial charge in [0, 0.05) is 18.7 Å². The maximum Gasteiger partial charge on any atom is 0.295 e. The molecule has 0 amide bonds. The van der Waals surface area contributed by atoms with Crippen LogP contribution in [0.5, 0.6) is 0 Å². The Balaban J connectivity index is 2.35. The number of aromatic nitrogens is 3. The molecule has 0 aliphatic carbocycles. The second-order valence-electron chi connectivity index (χ2n) is 4.89. The second-order valence-corrected chi connectivity index (χ2v) is 4.89. The summed E-state index contributed by atoms with van der Waals surface area (Å²) in [6.45, 7) is 6.47. The predicted molar refractivity (Wildman–Crippen MR) is 74.7 cm³/mol. The number of benzene rings is 1. The first-order valence-corrected chi connectivity index (χ1v) is 6.38. The molecule has 1 aromatic heterocycles. The lowest BCUT2D eigenvalue weighted by Gasteiger charge is -2.06. The highest BCUT2D eigenvalue weighted by Crippen LogP contribution is 2.25. The molecule has 0 fully saturated rings. The molecule has 2 aromatic rings. The third-order valence-electron chi connectivity index (χ3n) is 2.87. The number of nitrogens with zero attached hydrogens (tertiary/aromatic N) is 4. The molecule has 1 N–H and O–H groups in total. The molecular weight excluding hydrogens is 258 g/mol. The number of para-hydroxylation sites is 1. The number of hydrogen-bond acceptors (Lipinski definition) is 5. The molecule has 0 spiro atoms. The molecule has 0 unspecified atom stereocenters. The lowest BCUT2D eigenvalue weighted by atomic mass is 10.1. The van der Waals surface area contributed by atoms with Crippen LogP contribution in [0.3, 0.4) is 0 Å². The zero-order valence-corrected chi connectivity index (χ0v) is 11.7. The van der Waals surface area contributed by atoms with Crippen LogP contribution in [0.15, 0.2) is 24.4 Å². The Hall–Kier alpha value is -2.28. The summed E-state index contributed by atoms with van der Waals surface area (Å²) < 4.78 is 1.46. The zero-order valence-electron chi connectivity index (χ0n) is 11.7. The Bertz CT molecular complexity index is 621. The Morgan fingerprint density at radius 2 is 2.20 bits per heavy atom. The molecule has 7 nitrogen and oxygen atoms in total. The van der Waals surface area contributed by atoms with Crippen molar-refractivity contribution >= 4 is 5.69 Å². The summed E-state index contributed by atoms with van der Waals surface area (Å²) in [4.78, 5) is 10.7. The van der Waals surface area contributed by atoms with Gasteiger partial charge in [-0.2, -0.15) is 0 Å². The maximum absolute atomic E-state index is 11.1. The van der Waals surface area contributed by atoms with Gasteiger partial charge in [0.15, 0.2) is 0 Å². The molecule has 0 aliphatic rings. The van der Waals surface area contributed by atoms with Gasteiger partial charge in [0.2, 0.25) is 0 Å². The minimum absolute atomic E-state index is 0.0262. The summed E-state index contributed by atoms with van der Waals surface area (Å²) in [5, 5.41) is 22.4. The molecule has 7 heteroatoms. The molecule has 0 saturated carbocycles. The van der Waals surface area contributed by atoms with E-state index in [0.29, 0.717) is 18.3 Å². The van der Waals surface area contributed by atoms with E-state index in [1.807, 2.05) is 26.8 Å². The smallest absolute Gasteiger partial charge is 0.295 e. The van der Waals surface area contributed by atoms with Crippen LogP contribution in [-0.4, -0.2) is 26.0 Å². The minimum Gasteiger partial charge on any atom is -0.309 e. The van der Waals surface area contributed by atoms with Gasteiger partial charge in [-0.3, -0.25) is 10.1 Å². The number of rotatable bonds is 5. The quantitative estimate of drug-likeness (QED) is 0.666. The van der Waals surface area contributed by atoms with E-state index in [2.05, 4.69) is 15.6 Å². The number of nitro groups is 1. The summed E-state index contributed by atoms with van der Waals surface area (Å²) in [5.41, 5.74) is 2.02. The topological polar surface area (TPSA) is 85.9 Å². The van der Waals surface area contributed by atoms with Crippen LogP contribution in [0.1, 0.15) is 25.1 Å². The Morgan fingerprint density at radius 3 is 2.85 bits per heavy atom. The van der Waals surface area contributed by atoms with Crippen molar-refractivity contribution in [1.29, 1.82) is 0 Å².